The van der Waals surface area contributed by atoms with Crippen LogP contribution in [0.25, 0.3) is 11.0 Å². The van der Waals surface area contributed by atoms with Gasteiger partial charge in [-0.2, -0.15) is 0 Å². The van der Waals surface area contributed by atoms with Crippen molar-refractivity contribution in [1.82, 2.24) is 19.9 Å². The van der Waals surface area contributed by atoms with Gasteiger partial charge in [-0.3, -0.25) is 4.90 Å². The molecule has 152 valence electrons. The molecule has 7 heteroatoms. The van der Waals surface area contributed by atoms with E-state index in [4.69, 9.17) is 9.47 Å². The first-order valence-corrected chi connectivity index (χ1v) is 10.5. The first-order valence-electron chi connectivity index (χ1n) is 10.5. The van der Waals surface area contributed by atoms with Gasteiger partial charge in [0, 0.05) is 25.8 Å². The molecule has 2 aliphatic heterocycles. The number of para-hydroxylation sites is 1. The average molecular weight is 393 g/mol. The lowest BCUT2D eigenvalue weighted by atomic mass is 9.94. The SMILES string of the molecule is [HH].c1ccc2c(c1)OC[C@@H](N1CCOCC1)[C@H]2Nc1ncnc2[nH]c(C3CC3)cc12. The van der Waals surface area contributed by atoms with Gasteiger partial charge in [0.25, 0.3) is 0 Å². The van der Waals surface area contributed by atoms with Crippen molar-refractivity contribution in [2.45, 2.75) is 30.8 Å². The Morgan fingerprint density at radius 1 is 1.14 bits per heavy atom. The van der Waals surface area contributed by atoms with Crippen molar-refractivity contribution in [2.24, 2.45) is 0 Å². The maximum Gasteiger partial charge on any atom is 0.143 e. The Morgan fingerprint density at radius 3 is 2.86 bits per heavy atom. The molecule has 2 atom stereocenters. The van der Waals surface area contributed by atoms with E-state index in [1.807, 2.05) is 6.07 Å². The second-order valence-corrected chi connectivity index (χ2v) is 8.17. The van der Waals surface area contributed by atoms with Gasteiger partial charge in [0.15, 0.2) is 0 Å². The van der Waals surface area contributed by atoms with Crippen LogP contribution in [0.5, 0.6) is 5.75 Å². The summed E-state index contributed by atoms with van der Waals surface area (Å²) in [6.07, 6.45) is 4.16. The Balaban J connectivity index is 0.00000193. The predicted octanol–water partition coefficient (Wildman–Crippen LogP) is 3.33. The number of aromatic amines is 1. The molecule has 3 aliphatic rings. The van der Waals surface area contributed by atoms with E-state index >= 15 is 0 Å². The molecule has 4 heterocycles. The van der Waals surface area contributed by atoms with Crippen LogP contribution in [-0.2, 0) is 4.74 Å². The van der Waals surface area contributed by atoms with Crippen LogP contribution in [0.4, 0.5) is 5.82 Å². The third-order valence-corrected chi connectivity index (χ3v) is 6.32. The highest BCUT2D eigenvalue weighted by Crippen LogP contribution is 2.42. The fourth-order valence-corrected chi connectivity index (χ4v) is 4.58. The number of anilines is 1. The van der Waals surface area contributed by atoms with Crippen molar-refractivity contribution < 1.29 is 10.9 Å². The maximum atomic E-state index is 6.13. The summed E-state index contributed by atoms with van der Waals surface area (Å²) >= 11 is 0. The van der Waals surface area contributed by atoms with E-state index in [0.717, 1.165) is 48.9 Å². The number of nitrogens with one attached hydrogen (secondary N) is 2. The van der Waals surface area contributed by atoms with Gasteiger partial charge in [0.05, 0.1) is 30.7 Å². The molecule has 1 aliphatic carbocycles. The van der Waals surface area contributed by atoms with E-state index in [1.165, 1.54) is 24.1 Å². The van der Waals surface area contributed by atoms with Crippen molar-refractivity contribution in [1.29, 1.82) is 0 Å². The lowest BCUT2D eigenvalue weighted by Crippen LogP contribution is -2.52. The van der Waals surface area contributed by atoms with Gasteiger partial charge in [0.2, 0.25) is 0 Å². The zero-order valence-electron chi connectivity index (χ0n) is 16.3. The highest BCUT2D eigenvalue weighted by molar-refractivity contribution is 5.88. The number of benzene rings is 1. The molecule has 0 unspecified atom stereocenters. The fraction of sp³-hybridized carbons (Fsp3) is 0.455. The topological polar surface area (TPSA) is 75.3 Å². The molecule has 1 aromatic carbocycles. The third-order valence-electron chi connectivity index (χ3n) is 6.32. The molecule has 2 aromatic heterocycles. The average Bonchev–Trinajstić information content (AvgIpc) is 3.53. The van der Waals surface area contributed by atoms with Gasteiger partial charge in [-0.25, -0.2) is 9.97 Å². The van der Waals surface area contributed by atoms with Crippen LogP contribution in [0.15, 0.2) is 36.7 Å². The van der Waals surface area contributed by atoms with Crippen molar-refractivity contribution in [2.75, 3.05) is 38.2 Å². The van der Waals surface area contributed by atoms with Gasteiger partial charge < -0.3 is 19.8 Å². The third kappa shape index (κ3) is 3.14. The molecule has 0 amide bonds. The first-order chi connectivity index (χ1) is 14.4. The van der Waals surface area contributed by atoms with Crippen LogP contribution in [0.3, 0.4) is 0 Å². The minimum atomic E-state index is 0. The standard InChI is InChI=1S/C22H25N5O2.H2/c1-2-4-19-15(3-1)20(18(12-29-19)27-7-9-28-10-8-27)26-22-16-11-17(14-5-6-14)25-21(16)23-13-24-22;/h1-4,11,13-14,18,20H,5-10,12H2,(H2,23,24,25,26);1H/t18-,20+;/m1./s1. The van der Waals surface area contributed by atoms with Gasteiger partial charge >= 0.3 is 0 Å². The van der Waals surface area contributed by atoms with Gasteiger partial charge in [-0.15, -0.1) is 0 Å². The molecular formula is C22H27N5O2. The number of rotatable bonds is 4. The van der Waals surface area contributed by atoms with Crippen LogP contribution in [-0.4, -0.2) is 58.8 Å². The number of ether oxygens (including phenoxy) is 2. The largest absolute Gasteiger partial charge is 0.491 e. The van der Waals surface area contributed by atoms with E-state index in [2.05, 4.69) is 49.4 Å². The molecule has 7 nitrogen and oxygen atoms in total. The molecule has 29 heavy (non-hydrogen) atoms. The Bertz CT molecular complexity index is 1030. The molecule has 2 N–H and O–H groups in total. The number of hydrogen-bond acceptors (Lipinski definition) is 6. The maximum absolute atomic E-state index is 6.13. The van der Waals surface area contributed by atoms with E-state index in [0.29, 0.717) is 12.5 Å². The van der Waals surface area contributed by atoms with Gasteiger partial charge in [-0.05, 0) is 30.9 Å². The normalized spacial score (nSPS) is 24.8. The number of morpholine rings is 1. The molecule has 0 radical (unpaired) electrons. The zero-order valence-corrected chi connectivity index (χ0v) is 16.3. The minimum absolute atomic E-state index is 0. The summed E-state index contributed by atoms with van der Waals surface area (Å²) in [6.45, 7) is 4.03. The summed E-state index contributed by atoms with van der Waals surface area (Å²) in [5.74, 6) is 2.49. The van der Waals surface area contributed by atoms with E-state index in [9.17, 15) is 0 Å². The van der Waals surface area contributed by atoms with Crippen molar-refractivity contribution in [3.8, 4) is 5.75 Å². The Morgan fingerprint density at radius 2 is 2.00 bits per heavy atom. The number of hydrogen-bond donors (Lipinski definition) is 2. The molecular weight excluding hydrogens is 366 g/mol. The predicted molar refractivity (Wildman–Crippen MR) is 112 cm³/mol. The highest BCUT2D eigenvalue weighted by atomic mass is 16.5. The smallest absolute Gasteiger partial charge is 0.143 e. The van der Waals surface area contributed by atoms with Crippen LogP contribution in [0.1, 0.15) is 37.5 Å². The van der Waals surface area contributed by atoms with Crippen molar-refractivity contribution >= 4 is 16.9 Å². The quantitative estimate of drug-likeness (QED) is 0.708. The molecule has 1 saturated heterocycles. The highest BCUT2D eigenvalue weighted by Gasteiger charge is 2.36. The molecule has 6 rings (SSSR count). The molecule has 2 fully saturated rings. The number of aromatic nitrogens is 3. The second kappa shape index (κ2) is 7.00. The van der Waals surface area contributed by atoms with Gasteiger partial charge in [-0.1, -0.05) is 18.2 Å². The summed E-state index contributed by atoms with van der Waals surface area (Å²) < 4.78 is 11.7. The first kappa shape index (κ1) is 17.2. The number of nitrogens with zero attached hydrogens (tertiary/aromatic N) is 3. The number of fused-ring (bicyclic) bond motifs is 2. The minimum Gasteiger partial charge on any atom is -0.491 e. The summed E-state index contributed by atoms with van der Waals surface area (Å²) in [6, 6.07) is 10.9. The van der Waals surface area contributed by atoms with Crippen molar-refractivity contribution in [3.05, 3.63) is 47.9 Å². The van der Waals surface area contributed by atoms with Crippen LogP contribution in [0.2, 0.25) is 0 Å². The Hall–Kier alpha value is -2.64. The lowest BCUT2D eigenvalue weighted by molar-refractivity contribution is -0.00341. The van der Waals surface area contributed by atoms with Crippen LogP contribution < -0.4 is 10.1 Å². The summed E-state index contributed by atoms with van der Waals surface area (Å²) in [5.41, 5.74) is 3.37. The molecule has 1 saturated carbocycles. The molecule has 0 spiro atoms. The van der Waals surface area contributed by atoms with Crippen LogP contribution >= 0.6 is 0 Å². The van der Waals surface area contributed by atoms with E-state index < -0.39 is 0 Å². The van der Waals surface area contributed by atoms with Gasteiger partial charge in [0.1, 0.15) is 30.1 Å². The van der Waals surface area contributed by atoms with E-state index in [1.54, 1.807) is 6.33 Å². The monoisotopic (exact) mass is 393 g/mol. The van der Waals surface area contributed by atoms with Crippen molar-refractivity contribution in [3.63, 3.8) is 0 Å². The summed E-state index contributed by atoms with van der Waals surface area (Å²) in [5, 5.41) is 4.84. The second-order valence-electron chi connectivity index (χ2n) is 8.17. The Kier molecular flexibility index (Phi) is 4.16. The number of H-pyrrole nitrogens is 1. The van der Waals surface area contributed by atoms with E-state index in [-0.39, 0.29) is 13.5 Å². The summed E-state index contributed by atoms with van der Waals surface area (Å²) in [7, 11) is 0. The molecule has 3 aromatic rings. The van der Waals surface area contributed by atoms with Crippen LogP contribution in [0, 0.1) is 0 Å². The fourth-order valence-electron chi connectivity index (χ4n) is 4.58. The molecule has 0 bridgehead atoms. The zero-order chi connectivity index (χ0) is 19.2. The Labute approximate surface area is 170 Å². The summed E-state index contributed by atoms with van der Waals surface area (Å²) in [4.78, 5) is 15.0. The lowest BCUT2D eigenvalue weighted by Gasteiger charge is -2.42.